The van der Waals surface area contributed by atoms with E-state index in [-0.39, 0.29) is 25.7 Å². The molecule has 19 heteroatoms. The number of carbonyl (C=O) groups excluding carboxylic acids is 4. The Labute approximate surface area is 537 Å². The fraction of sp³-hybridized carbons (Fsp3) is 0.942. The average molecular weight is 1300 g/mol. The van der Waals surface area contributed by atoms with E-state index in [4.69, 9.17) is 37.0 Å². The van der Waals surface area contributed by atoms with Crippen molar-refractivity contribution in [1.29, 1.82) is 0 Å². The summed E-state index contributed by atoms with van der Waals surface area (Å²) in [5, 5.41) is 10.6. The summed E-state index contributed by atoms with van der Waals surface area (Å²) >= 11 is 0. The van der Waals surface area contributed by atoms with Crippen LogP contribution in [0.1, 0.15) is 356 Å². The molecule has 0 radical (unpaired) electrons. The molecular formula is C69H134O17P2. The molecule has 0 bridgehead atoms. The van der Waals surface area contributed by atoms with Gasteiger partial charge in [-0.05, 0) is 31.6 Å². The minimum Gasteiger partial charge on any atom is -0.462 e. The van der Waals surface area contributed by atoms with E-state index in [0.29, 0.717) is 31.6 Å². The Hall–Kier alpha value is -1.94. The van der Waals surface area contributed by atoms with Crippen molar-refractivity contribution in [3.8, 4) is 0 Å². The van der Waals surface area contributed by atoms with Gasteiger partial charge in [-0.1, -0.05) is 304 Å². The maximum absolute atomic E-state index is 13.0. The first kappa shape index (κ1) is 86.1. The number of aliphatic hydroxyl groups excluding tert-OH is 1. The molecule has 0 saturated carbocycles. The molecule has 17 nitrogen and oxygen atoms in total. The largest absolute Gasteiger partial charge is 0.472 e. The molecule has 0 saturated heterocycles. The van der Waals surface area contributed by atoms with Crippen LogP contribution in [-0.4, -0.2) is 96.7 Å². The van der Waals surface area contributed by atoms with Gasteiger partial charge in [0.1, 0.15) is 19.3 Å². The monoisotopic (exact) mass is 1300 g/mol. The Bertz CT molecular complexity index is 1700. The Morgan fingerprint density at radius 2 is 0.523 bits per heavy atom. The molecule has 0 aromatic rings. The van der Waals surface area contributed by atoms with Crippen molar-refractivity contribution in [3.63, 3.8) is 0 Å². The molecule has 0 aliphatic carbocycles. The summed E-state index contributed by atoms with van der Waals surface area (Å²) in [7, 11) is -9.89. The maximum atomic E-state index is 13.0. The number of phosphoric acid groups is 2. The highest BCUT2D eigenvalue weighted by Crippen LogP contribution is 2.45. The lowest BCUT2D eigenvalue weighted by molar-refractivity contribution is -0.161. The summed E-state index contributed by atoms with van der Waals surface area (Å²) in [6.07, 6.45) is 48.6. The molecule has 0 spiro atoms. The van der Waals surface area contributed by atoms with Crippen molar-refractivity contribution in [2.45, 2.75) is 374 Å². The van der Waals surface area contributed by atoms with Gasteiger partial charge in [0, 0.05) is 25.7 Å². The average Bonchev–Trinajstić information content (AvgIpc) is 3.64. The highest BCUT2D eigenvalue weighted by molar-refractivity contribution is 7.47. The predicted molar refractivity (Wildman–Crippen MR) is 354 cm³/mol. The normalized spacial score (nSPS) is 14.1. The molecule has 0 rings (SSSR count). The van der Waals surface area contributed by atoms with Gasteiger partial charge >= 0.3 is 39.5 Å². The van der Waals surface area contributed by atoms with Crippen molar-refractivity contribution < 1.29 is 80.2 Å². The van der Waals surface area contributed by atoms with E-state index >= 15 is 0 Å². The second-order valence-electron chi connectivity index (χ2n) is 25.4. The zero-order valence-electron chi connectivity index (χ0n) is 56.9. The molecule has 3 N–H and O–H groups in total. The van der Waals surface area contributed by atoms with Crippen molar-refractivity contribution in [1.82, 2.24) is 0 Å². The summed E-state index contributed by atoms with van der Waals surface area (Å²) < 4.78 is 68.2. The lowest BCUT2D eigenvalue weighted by Crippen LogP contribution is -2.30. The first-order chi connectivity index (χ1) is 42.5. The van der Waals surface area contributed by atoms with E-state index in [9.17, 15) is 43.2 Å². The number of unbranched alkanes of at least 4 members (excludes halogenated alkanes) is 41. The summed E-state index contributed by atoms with van der Waals surface area (Å²) in [6.45, 7) is 7.17. The van der Waals surface area contributed by atoms with Gasteiger partial charge in [-0.2, -0.15) is 0 Å². The fourth-order valence-electron chi connectivity index (χ4n) is 10.5. The van der Waals surface area contributed by atoms with Gasteiger partial charge < -0.3 is 33.8 Å². The summed E-state index contributed by atoms with van der Waals surface area (Å²) in [4.78, 5) is 72.4. The van der Waals surface area contributed by atoms with Crippen LogP contribution in [0, 0.1) is 5.92 Å². The molecule has 2 unspecified atom stereocenters. The molecule has 88 heavy (non-hydrogen) atoms. The second kappa shape index (κ2) is 62.5. The molecule has 0 aromatic heterocycles. The number of rotatable bonds is 69. The molecule has 522 valence electrons. The highest BCUT2D eigenvalue weighted by Gasteiger charge is 2.30. The molecule has 0 aliphatic rings. The topological polar surface area (TPSA) is 237 Å². The fourth-order valence-corrected chi connectivity index (χ4v) is 12.0. The zero-order valence-corrected chi connectivity index (χ0v) is 58.6. The summed E-state index contributed by atoms with van der Waals surface area (Å²) in [5.74, 6) is -1.43. The van der Waals surface area contributed by atoms with Crippen LogP contribution in [0.3, 0.4) is 0 Å². The number of carbonyl (C=O) groups is 4. The van der Waals surface area contributed by atoms with Crippen LogP contribution < -0.4 is 0 Å². The molecule has 0 fully saturated rings. The van der Waals surface area contributed by atoms with Crippen LogP contribution in [0.2, 0.25) is 0 Å². The third kappa shape index (κ3) is 62.8. The molecule has 0 amide bonds. The first-order valence-corrected chi connectivity index (χ1v) is 39.1. The van der Waals surface area contributed by atoms with Crippen LogP contribution >= 0.6 is 15.6 Å². The van der Waals surface area contributed by atoms with Crippen LogP contribution in [0.5, 0.6) is 0 Å². The number of esters is 4. The molecule has 5 atom stereocenters. The highest BCUT2D eigenvalue weighted by atomic mass is 31.2. The van der Waals surface area contributed by atoms with E-state index in [1.165, 1.54) is 180 Å². The van der Waals surface area contributed by atoms with Crippen molar-refractivity contribution in [2.24, 2.45) is 5.92 Å². The van der Waals surface area contributed by atoms with E-state index in [1.807, 2.05) is 0 Å². The van der Waals surface area contributed by atoms with Crippen molar-refractivity contribution >= 4 is 39.5 Å². The summed E-state index contributed by atoms with van der Waals surface area (Å²) in [6, 6.07) is 0. The lowest BCUT2D eigenvalue weighted by atomic mass is 10.0. The van der Waals surface area contributed by atoms with E-state index in [0.717, 1.165) is 89.9 Å². The second-order valence-corrected chi connectivity index (χ2v) is 28.3. The minimum atomic E-state index is -4.95. The van der Waals surface area contributed by atoms with Crippen molar-refractivity contribution in [3.05, 3.63) is 0 Å². The van der Waals surface area contributed by atoms with Crippen molar-refractivity contribution in [2.75, 3.05) is 39.6 Å². The molecule has 0 aromatic carbocycles. The van der Waals surface area contributed by atoms with Gasteiger partial charge in [0.25, 0.3) is 0 Å². The van der Waals surface area contributed by atoms with Gasteiger partial charge in [0.2, 0.25) is 0 Å². The van der Waals surface area contributed by atoms with Crippen LogP contribution in [0.15, 0.2) is 0 Å². The van der Waals surface area contributed by atoms with Gasteiger partial charge in [0.05, 0.1) is 26.4 Å². The van der Waals surface area contributed by atoms with Gasteiger partial charge in [0.15, 0.2) is 12.2 Å². The number of phosphoric ester groups is 2. The van der Waals surface area contributed by atoms with Gasteiger partial charge in [-0.3, -0.25) is 37.3 Å². The minimum absolute atomic E-state index is 0.104. The van der Waals surface area contributed by atoms with E-state index < -0.39 is 97.5 Å². The zero-order chi connectivity index (χ0) is 64.9. The Balaban J connectivity index is 5.21. The van der Waals surface area contributed by atoms with E-state index in [1.54, 1.807) is 0 Å². The van der Waals surface area contributed by atoms with Crippen LogP contribution in [-0.2, 0) is 65.4 Å². The molecule has 0 heterocycles. The summed E-state index contributed by atoms with van der Waals surface area (Å²) in [5.41, 5.74) is 0. The quantitative estimate of drug-likeness (QED) is 0.0222. The van der Waals surface area contributed by atoms with Crippen LogP contribution in [0.25, 0.3) is 0 Å². The van der Waals surface area contributed by atoms with Crippen LogP contribution in [0.4, 0.5) is 0 Å². The van der Waals surface area contributed by atoms with Gasteiger partial charge in [-0.25, -0.2) is 9.13 Å². The SMILES string of the molecule is CCCCCCCCCCCCCCCCCCCC(=O)O[C@H](COC(=O)CCCCCCCCCCCCC)COP(=O)(O)OC[C@@H](O)COP(=O)(O)OC[C@@H](COC(=O)CCCCCCCCCCCC)OC(=O)CCCCCCCCCC(C)C. The first-order valence-electron chi connectivity index (χ1n) is 36.1. The predicted octanol–water partition coefficient (Wildman–Crippen LogP) is 19.7. The van der Waals surface area contributed by atoms with E-state index in [2.05, 4.69) is 34.6 Å². The number of ether oxygens (including phenoxy) is 4. The Morgan fingerprint density at radius 1 is 0.307 bits per heavy atom. The molecular weight excluding hydrogens is 1160 g/mol. The number of hydrogen-bond acceptors (Lipinski definition) is 15. The third-order valence-corrected chi connectivity index (χ3v) is 17.9. The standard InChI is InChI=1S/C69H134O17P2/c1-6-9-12-15-18-21-24-25-26-27-28-29-31-34-39-44-49-54-68(73)85-64(58-80-67(72)53-48-43-38-33-30-22-19-16-13-10-7-2)60-83-87(75,76)81-56-63(70)57-82-88(77,78)84-61-65(86-69(74)55-50-45-40-35-36-41-46-51-62(4)5)59-79-66(71)52-47-42-37-32-23-20-17-14-11-8-3/h62-65,70H,6-61H2,1-5H3,(H,75,76)(H,77,78)/t63-,64-,65-/m1/s1. The third-order valence-electron chi connectivity index (χ3n) is 16.0. The Morgan fingerprint density at radius 3 is 0.773 bits per heavy atom. The lowest BCUT2D eigenvalue weighted by Gasteiger charge is -2.21. The maximum Gasteiger partial charge on any atom is 0.472 e. The number of aliphatic hydroxyl groups is 1. The number of hydrogen-bond donors (Lipinski definition) is 3. The smallest absolute Gasteiger partial charge is 0.462 e. The molecule has 0 aliphatic heterocycles. The Kier molecular flexibility index (Phi) is 61.1. The van der Waals surface area contributed by atoms with Gasteiger partial charge in [-0.15, -0.1) is 0 Å².